The highest BCUT2D eigenvalue weighted by Crippen LogP contribution is 2.12. The normalized spacial score (nSPS) is 10.0. The van der Waals surface area contributed by atoms with E-state index in [2.05, 4.69) is 11.6 Å². The van der Waals surface area contributed by atoms with Gasteiger partial charge in [-0.3, -0.25) is 9.78 Å². The van der Waals surface area contributed by atoms with Gasteiger partial charge in [0.05, 0.1) is 5.69 Å². The molecule has 3 nitrogen and oxygen atoms in total. The molecule has 0 amide bonds. The molecule has 1 aromatic heterocycles. The molecule has 3 heteroatoms. The Morgan fingerprint density at radius 2 is 2.25 bits per heavy atom. The van der Waals surface area contributed by atoms with Crippen LogP contribution in [-0.4, -0.2) is 10.8 Å². The van der Waals surface area contributed by atoms with Crippen molar-refractivity contribution < 1.29 is 4.79 Å². The maximum atomic E-state index is 11.7. The summed E-state index contributed by atoms with van der Waals surface area (Å²) in [5, 5.41) is 0. The summed E-state index contributed by atoms with van der Waals surface area (Å²) in [7, 11) is 0. The molecule has 0 spiro atoms. The Labute approximate surface area is 96.4 Å². The molecule has 1 aromatic rings. The number of anilines is 1. The lowest BCUT2D eigenvalue weighted by atomic mass is 10.1. The van der Waals surface area contributed by atoms with E-state index in [1.54, 1.807) is 18.3 Å². The predicted octanol–water partition coefficient (Wildman–Crippen LogP) is 2.98. The van der Waals surface area contributed by atoms with Gasteiger partial charge in [-0.1, -0.05) is 12.5 Å². The Hall–Kier alpha value is -1.64. The highest BCUT2D eigenvalue weighted by Gasteiger charge is 2.09. The Morgan fingerprint density at radius 1 is 1.44 bits per heavy atom. The van der Waals surface area contributed by atoms with E-state index in [4.69, 9.17) is 5.73 Å². The van der Waals surface area contributed by atoms with Gasteiger partial charge in [-0.05, 0) is 31.4 Å². The van der Waals surface area contributed by atoms with Gasteiger partial charge in [0.15, 0.2) is 5.78 Å². The molecule has 0 unspecified atom stereocenters. The van der Waals surface area contributed by atoms with E-state index in [0.717, 1.165) is 25.7 Å². The number of pyridine rings is 1. The molecule has 86 valence electrons. The van der Waals surface area contributed by atoms with Crippen LogP contribution in [-0.2, 0) is 0 Å². The van der Waals surface area contributed by atoms with Crippen LogP contribution in [0.3, 0.4) is 0 Å². The number of nitrogens with zero attached hydrogens (tertiary/aromatic N) is 1. The maximum Gasteiger partial charge on any atom is 0.183 e. The van der Waals surface area contributed by atoms with Crippen molar-refractivity contribution in [1.82, 2.24) is 4.98 Å². The number of hydrogen-bond acceptors (Lipinski definition) is 3. The van der Waals surface area contributed by atoms with Crippen molar-refractivity contribution in [3.05, 3.63) is 36.7 Å². The molecule has 0 saturated carbocycles. The summed E-state index contributed by atoms with van der Waals surface area (Å²) in [5.74, 6) is 0.0386. The molecule has 0 aliphatic carbocycles. The van der Waals surface area contributed by atoms with Gasteiger partial charge in [0.2, 0.25) is 0 Å². The fourth-order valence-electron chi connectivity index (χ4n) is 1.52. The number of hydrogen-bond donors (Lipinski definition) is 1. The van der Waals surface area contributed by atoms with Gasteiger partial charge >= 0.3 is 0 Å². The predicted molar refractivity (Wildman–Crippen MR) is 66.3 cm³/mol. The monoisotopic (exact) mass is 218 g/mol. The lowest BCUT2D eigenvalue weighted by Crippen LogP contribution is -2.06. The van der Waals surface area contributed by atoms with Crippen LogP contribution in [0.1, 0.15) is 42.6 Å². The molecule has 0 saturated heterocycles. The summed E-state index contributed by atoms with van der Waals surface area (Å²) in [6, 6.07) is 3.44. The first kappa shape index (κ1) is 12.4. The summed E-state index contributed by atoms with van der Waals surface area (Å²) < 4.78 is 0. The van der Waals surface area contributed by atoms with Gasteiger partial charge in [0.1, 0.15) is 5.69 Å². The minimum absolute atomic E-state index is 0.0386. The zero-order valence-corrected chi connectivity index (χ0v) is 9.48. The molecule has 0 radical (unpaired) electrons. The number of nitrogen functional groups attached to an aromatic ring is 1. The fraction of sp³-hybridized carbons (Fsp3) is 0.385. The molecule has 16 heavy (non-hydrogen) atoms. The van der Waals surface area contributed by atoms with Crippen molar-refractivity contribution in [3.8, 4) is 0 Å². The number of carbonyl (C=O) groups excluding carboxylic acids is 1. The smallest absolute Gasteiger partial charge is 0.183 e. The molecule has 1 rings (SSSR count). The van der Waals surface area contributed by atoms with Gasteiger partial charge in [0.25, 0.3) is 0 Å². The van der Waals surface area contributed by atoms with Crippen LogP contribution < -0.4 is 5.73 Å². The second-order valence-electron chi connectivity index (χ2n) is 3.75. The zero-order chi connectivity index (χ0) is 11.8. The number of aromatic nitrogens is 1. The van der Waals surface area contributed by atoms with Crippen LogP contribution in [0.25, 0.3) is 0 Å². The summed E-state index contributed by atoms with van der Waals surface area (Å²) in [6.45, 7) is 3.66. The largest absolute Gasteiger partial charge is 0.397 e. The first-order valence-electron chi connectivity index (χ1n) is 5.60. The molecule has 0 aliphatic rings. The van der Waals surface area contributed by atoms with Crippen LogP contribution in [0.15, 0.2) is 31.0 Å². The first-order valence-corrected chi connectivity index (χ1v) is 5.60. The Morgan fingerprint density at radius 3 is 2.94 bits per heavy atom. The SMILES string of the molecule is C=CCCCCCC(=O)c1ncccc1N. The van der Waals surface area contributed by atoms with Crippen molar-refractivity contribution >= 4 is 11.5 Å². The highest BCUT2D eigenvalue weighted by atomic mass is 16.1. The van der Waals surface area contributed by atoms with Crippen molar-refractivity contribution in [2.24, 2.45) is 0 Å². The second-order valence-corrected chi connectivity index (χ2v) is 3.75. The van der Waals surface area contributed by atoms with Gasteiger partial charge in [-0.25, -0.2) is 0 Å². The van der Waals surface area contributed by atoms with E-state index in [1.807, 2.05) is 6.08 Å². The minimum Gasteiger partial charge on any atom is -0.397 e. The average Bonchev–Trinajstić information content (AvgIpc) is 2.29. The zero-order valence-electron chi connectivity index (χ0n) is 9.48. The van der Waals surface area contributed by atoms with E-state index in [9.17, 15) is 4.79 Å². The third-order valence-corrected chi connectivity index (χ3v) is 2.42. The second kappa shape index (κ2) is 6.77. The first-order chi connectivity index (χ1) is 7.75. The van der Waals surface area contributed by atoms with Gasteiger partial charge in [-0.15, -0.1) is 6.58 Å². The number of Topliss-reactive ketones (excluding diaryl/α,β-unsaturated/α-hetero) is 1. The molecule has 0 aliphatic heterocycles. The Balaban J connectivity index is 2.36. The van der Waals surface area contributed by atoms with E-state index < -0.39 is 0 Å². The maximum absolute atomic E-state index is 11.7. The number of nitrogens with two attached hydrogens (primary N) is 1. The fourth-order valence-corrected chi connectivity index (χ4v) is 1.52. The topological polar surface area (TPSA) is 56.0 Å². The number of ketones is 1. The third-order valence-electron chi connectivity index (χ3n) is 2.42. The molecule has 0 atom stereocenters. The lowest BCUT2D eigenvalue weighted by molar-refractivity contribution is 0.0975. The van der Waals surface area contributed by atoms with Crippen molar-refractivity contribution in [3.63, 3.8) is 0 Å². The van der Waals surface area contributed by atoms with Crippen LogP contribution in [0.4, 0.5) is 5.69 Å². The van der Waals surface area contributed by atoms with Crippen LogP contribution >= 0.6 is 0 Å². The summed E-state index contributed by atoms with van der Waals surface area (Å²) in [5.41, 5.74) is 6.56. The summed E-state index contributed by atoms with van der Waals surface area (Å²) >= 11 is 0. The molecule has 2 N–H and O–H groups in total. The quantitative estimate of drug-likeness (QED) is 0.435. The van der Waals surface area contributed by atoms with E-state index >= 15 is 0 Å². The molecule has 0 aromatic carbocycles. The summed E-state index contributed by atoms with van der Waals surface area (Å²) in [4.78, 5) is 15.7. The van der Waals surface area contributed by atoms with Crippen LogP contribution in [0.5, 0.6) is 0 Å². The van der Waals surface area contributed by atoms with Crippen LogP contribution in [0.2, 0.25) is 0 Å². The number of carbonyl (C=O) groups is 1. The van der Waals surface area contributed by atoms with Crippen molar-refractivity contribution in [2.75, 3.05) is 5.73 Å². The molecular formula is C13H18N2O. The minimum atomic E-state index is 0.0386. The van der Waals surface area contributed by atoms with E-state index in [0.29, 0.717) is 17.8 Å². The van der Waals surface area contributed by atoms with Gasteiger partial charge in [-0.2, -0.15) is 0 Å². The summed E-state index contributed by atoms with van der Waals surface area (Å²) in [6.07, 6.45) is 8.07. The average molecular weight is 218 g/mol. The van der Waals surface area contributed by atoms with E-state index in [-0.39, 0.29) is 5.78 Å². The van der Waals surface area contributed by atoms with Gasteiger partial charge < -0.3 is 5.73 Å². The van der Waals surface area contributed by atoms with Crippen molar-refractivity contribution in [2.45, 2.75) is 32.1 Å². The Bertz CT molecular complexity index is 361. The standard InChI is InChI=1S/C13H18N2O/c1-2-3-4-5-6-9-12(16)13-11(14)8-7-10-15-13/h2,7-8,10H,1,3-6,9,14H2. The number of allylic oxidation sites excluding steroid dienone is 1. The van der Waals surface area contributed by atoms with Crippen molar-refractivity contribution in [1.29, 1.82) is 0 Å². The molecule has 0 fully saturated rings. The van der Waals surface area contributed by atoms with Gasteiger partial charge in [0, 0.05) is 12.6 Å². The van der Waals surface area contributed by atoms with Crippen LogP contribution in [0, 0.1) is 0 Å². The highest BCUT2D eigenvalue weighted by molar-refractivity contribution is 5.98. The third kappa shape index (κ3) is 3.85. The molecular weight excluding hydrogens is 200 g/mol. The number of unbranched alkanes of at least 4 members (excludes halogenated alkanes) is 3. The Kier molecular flexibility index (Phi) is 5.26. The lowest BCUT2D eigenvalue weighted by Gasteiger charge is -2.02. The van der Waals surface area contributed by atoms with E-state index in [1.165, 1.54) is 0 Å². The molecule has 1 heterocycles. The number of rotatable bonds is 7. The molecule has 0 bridgehead atoms.